The number of carbonyl (C=O) groups is 1. The monoisotopic (exact) mass is 410 g/mol. The number of allylic oxidation sites excluding steroid dienone is 1. The number of nitrogens with zero attached hydrogens (tertiary/aromatic N) is 2. The van der Waals surface area contributed by atoms with Crippen molar-refractivity contribution >= 4 is 64.0 Å². The minimum Gasteiger partial charge on any atom is -0.301 e. The second-order valence-corrected chi connectivity index (χ2v) is 6.74. The zero-order chi connectivity index (χ0) is 18.0. The van der Waals surface area contributed by atoms with Crippen molar-refractivity contribution < 1.29 is 4.79 Å². The quantitative estimate of drug-likeness (QED) is 0.368. The van der Waals surface area contributed by atoms with Crippen LogP contribution in [0.15, 0.2) is 55.0 Å². The molecule has 0 amide bonds. The van der Waals surface area contributed by atoms with Crippen LogP contribution in [0.25, 0.3) is 11.8 Å². The molecule has 0 aliphatic rings. The molecule has 0 N–H and O–H groups in total. The van der Waals surface area contributed by atoms with Crippen molar-refractivity contribution in [3.8, 4) is 0 Å². The Kier molecular flexibility index (Phi) is 5.50. The van der Waals surface area contributed by atoms with Gasteiger partial charge in [-0.15, -0.1) is 0 Å². The molecule has 1 heterocycles. The lowest BCUT2D eigenvalue weighted by Gasteiger charge is -2.10. The van der Waals surface area contributed by atoms with Gasteiger partial charge in [0.15, 0.2) is 0 Å². The highest BCUT2D eigenvalue weighted by Gasteiger charge is 2.17. The van der Waals surface area contributed by atoms with Gasteiger partial charge >= 0.3 is 0 Å². The number of Topliss-reactive ketones (excluding diaryl/α,β-unsaturated/α-hetero) is 1. The Labute approximate surface area is 164 Å². The van der Waals surface area contributed by atoms with Crippen molar-refractivity contribution in [2.75, 3.05) is 0 Å². The Morgan fingerprint density at radius 2 is 1.60 bits per heavy atom. The number of benzene rings is 2. The molecule has 0 spiro atoms. The Morgan fingerprint density at radius 1 is 0.960 bits per heavy atom. The SMILES string of the molecule is O=C(/C(=C/c1c(Cl)cccc1Cl)n1cnc(Cl)c1)c1ccc(Cl)cc1. The Hall–Kier alpha value is -1.78. The molecule has 0 fully saturated rings. The summed E-state index contributed by atoms with van der Waals surface area (Å²) in [5, 5.41) is 1.67. The number of hydrogen-bond donors (Lipinski definition) is 0. The lowest BCUT2D eigenvalue weighted by atomic mass is 10.1. The molecule has 7 heteroatoms. The summed E-state index contributed by atoms with van der Waals surface area (Å²) < 4.78 is 1.53. The highest BCUT2D eigenvalue weighted by molar-refractivity contribution is 6.38. The molecule has 3 nitrogen and oxygen atoms in total. The van der Waals surface area contributed by atoms with Gasteiger partial charge in [-0.05, 0) is 42.5 Å². The molecule has 0 atom stereocenters. The summed E-state index contributed by atoms with van der Waals surface area (Å²) in [4.78, 5) is 17.0. The maximum atomic E-state index is 13.0. The number of imidazole rings is 1. The summed E-state index contributed by atoms with van der Waals surface area (Å²) in [5.74, 6) is -0.248. The van der Waals surface area contributed by atoms with Crippen molar-refractivity contribution in [2.45, 2.75) is 0 Å². The fourth-order valence-corrected chi connectivity index (χ4v) is 3.00. The van der Waals surface area contributed by atoms with Crippen molar-refractivity contribution in [3.63, 3.8) is 0 Å². The molecular weight excluding hydrogens is 402 g/mol. The van der Waals surface area contributed by atoms with Gasteiger partial charge in [0.2, 0.25) is 5.78 Å². The Morgan fingerprint density at radius 3 is 2.16 bits per heavy atom. The summed E-state index contributed by atoms with van der Waals surface area (Å²) in [7, 11) is 0. The van der Waals surface area contributed by atoms with Crippen LogP contribution in [0.1, 0.15) is 15.9 Å². The van der Waals surface area contributed by atoms with E-state index in [-0.39, 0.29) is 10.9 Å². The van der Waals surface area contributed by atoms with Crippen LogP contribution in [0.3, 0.4) is 0 Å². The van der Waals surface area contributed by atoms with E-state index in [4.69, 9.17) is 46.4 Å². The number of ketones is 1. The second kappa shape index (κ2) is 7.63. The summed E-state index contributed by atoms with van der Waals surface area (Å²) in [6, 6.07) is 11.7. The number of aromatic nitrogens is 2. The van der Waals surface area contributed by atoms with Gasteiger partial charge in [-0.25, -0.2) is 4.98 Å². The molecule has 0 aliphatic carbocycles. The first kappa shape index (κ1) is 18.0. The number of hydrogen-bond acceptors (Lipinski definition) is 2. The third kappa shape index (κ3) is 4.07. The van der Waals surface area contributed by atoms with Crippen LogP contribution in [0, 0.1) is 0 Å². The molecule has 2 aromatic carbocycles. The van der Waals surface area contributed by atoms with Crippen molar-refractivity contribution in [1.82, 2.24) is 9.55 Å². The molecule has 0 bridgehead atoms. The first-order chi connectivity index (χ1) is 12.0. The average molecular weight is 412 g/mol. The molecule has 1 aromatic heterocycles. The lowest BCUT2D eigenvalue weighted by molar-refractivity contribution is 0.105. The molecule has 0 saturated heterocycles. The molecule has 25 heavy (non-hydrogen) atoms. The van der Waals surface area contributed by atoms with Crippen LogP contribution in [0.2, 0.25) is 20.2 Å². The molecule has 0 unspecified atom stereocenters. The van der Waals surface area contributed by atoms with E-state index >= 15 is 0 Å². The van der Waals surface area contributed by atoms with Gasteiger partial charge in [-0.2, -0.15) is 0 Å². The van der Waals surface area contributed by atoms with E-state index in [1.807, 2.05) is 0 Å². The van der Waals surface area contributed by atoms with Gasteiger partial charge in [0.1, 0.15) is 11.5 Å². The number of halogens is 4. The van der Waals surface area contributed by atoms with E-state index in [2.05, 4.69) is 4.98 Å². The van der Waals surface area contributed by atoms with Crippen LogP contribution < -0.4 is 0 Å². The maximum absolute atomic E-state index is 13.0. The van der Waals surface area contributed by atoms with Crippen molar-refractivity contribution in [3.05, 3.63) is 86.3 Å². The van der Waals surface area contributed by atoms with Crippen LogP contribution in [0.4, 0.5) is 0 Å². The fraction of sp³-hybridized carbons (Fsp3) is 0. The van der Waals surface area contributed by atoms with Gasteiger partial charge in [0.25, 0.3) is 0 Å². The summed E-state index contributed by atoms with van der Waals surface area (Å²) >= 11 is 24.3. The van der Waals surface area contributed by atoms with Crippen LogP contribution in [-0.2, 0) is 0 Å². The number of rotatable bonds is 4. The molecule has 0 radical (unpaired) electrons. The van der Waals surface area contributed by atoms with E-state index in [9.17, 15) is 4.79 Å². The van der Waals surface area contributed by atoms with Gasteiger partial charge < -0.3 is 4.57 Å². The average Bonchev–Trinajstić information content (AvgIpc) is 3.01. The van der Waals surface area contributed by atoms with E-state index in [1.165, 1.54) is 17.1 Å². The number of carbonyl (C=O) groups excluding carboxylic acids is 1. The maximum Gasteiger partial charge on any atom is 0.209 e. The first-order valence-corrected chi connectivity index (χ1v) is 8.63. The second-order valence-electron chi connectivity index (χ2n) is 5.10. The lowest BCUT2D eigenvalue weighted by Crippen LogP contribution is -2.08. The van der Waals surface area contributed by atoms with Crippen LogP contribution in [0.5, 0.6) is 0 Å². The first-order valence-electron chi connectivity index (χ1n) is 7.11. The van der Waals surface area contributed by atoms with Crippen LogP contribution >= 0.6 is 46.4 Å². The Balaban J connectivity index is 2.15. The smallest absolute Gasteiger partial charge is 0.209 e. The normalized spacial score (nSPS) is 11.6. The highest BCUT2D eigenvalue weighted by Crippen LogP contribution is 2.29. The zero-order valence-electron chi connectivity index (χ0n) is 12.6. The third-order valence-electron chi connectivity index (χ3n) is 3.45. The molecular formula is C18H10Cl4N2O. The Bertz CT molecular complexity index is 941. The van der Waals surface area contributed by atoms with E-state index in [0.29, 0.717) is 31.9 Å². The highest BCUT2D eigenvalue weighted by atomic mass is 35.5. The van der Waals surface area contributed by atoms with E-state index < -0.39 is 0 Å². The minimum absolute atomic E-state index is 0.248. The van der Waals surface area contributed by atoms with Crippen molar-refractivity contribution in [1.29, 1.82) is 0 Å². The van der Waals surface area contributed by atoms with Gasteiger partial charge in [-0.1, -0.05) is 52.5 Å². The molecule has 0 saturated carbocycles. The molecule has 126 valence electrons. The topological polar surface area (TPSA) is 34.9 Å². The van der Waals surface area contributed by atoms with E-state index in [0.717, 1.165) is 0 Å². The third-order valence-corrected chi connectivity index (χ3v) is 4.56. The molecule has 3 rings (SSSR count). The summed E-state index contributed by atoms with van der Waals surface area (Å²) in [5.41, 5.74) is 1.30. The van der Waals surface area contributed by atoms with Gasteiger partial charge in [0, 0.05) is 32.4 Å². The molecule has 0 aliphatic heterocycles. The summed E-state index contributed by atoms with van der Waals surface area (Å²) in [6.45, 7) is 0. The predicted molar refractivity (Wildman–Crippen MR) is 104 cm³/mol. The van der Waals surface area contributed by atoms with Gasteiger partial charge in [0.05, 0.1) is 5.70 Å². The standard InChI is InChI=1S/C18H10Cl4N2O/c19-12-6-4-11(5-7-12)18(25)16(24-9-17(22)23-10-24)8-13-14(20)2-1-3-15(13)21/h1-10H/b16-8-. The van der Waals surface area contributed by atoms with Crippen molar-refractivity contribution in [2.24, 2.45) is 0 Å². The van der Waals surface area contributed by atoms with Crippen LogP contribution in [-0.4, -0.2) is 15.3 Å². The molecule has 3 aromatic rings. The van der Waals surface area contributed by atoms with Gasteiger partial charge in [-0.3, -0.25) is 4.79 Å². The summed E-state index contributed by atoms with van der Waals surface area (Å²) in [6.07, 6.45) is 4.60. The largest absolute Gasteiger partial charge is 0.301 e. The van der Waals surface area contributed by atoms with E-state index in [1.54, 1.807) is 48.5 Å². The predicted octanol–water partition coefficient (Wildman–Crippen LogP) is 6.38. The zero-order valence-corrected chi connectivity index (χ0v) is 15.6. The minimum atomic E-state index is -0.248. The fourth-order valence-electron chi connectivity index (χ4n) is 2.22.